The Morgan fingerprint density at radius 3 is 2.68 bits per heavy atom. The van der Waals surface area contributed by atoms with Crippen molar-refractivity contribution in [1.29, 1.82) is 0 Å². The van der Waals surface area contributed by atoms with Gasteiger partial charge in [-0.15, -0.1) is 10.2 Å². The fraction of sp³-hybridized carbons (Fsp3) is 0.133. The van der Waals surface area contributed by atoms with Crippen LogP contribution in [0.2, 0.25) is 5.02 Å². The van der Waals surface area contributed by atoms with Gasteiger partial charge in [0.15, 0.2) is 11.0 Å². The number of nitrogens with zero attached hydrogens (tertiary/aromatic N) is 5. The smallest absolute Gasteiger partial charge is 0.194 e. The van der Waals surface area contributed by atoms with Gasteiger partial charge in [0.1, 0.15) is 12.5 Å². The van der Waals surface area contributed by atoms with Gasteiger partial charge in [-0.3, -0.25) is 4.57 Å². The van der Waals surface area contributed by atoms with Crippen LogP contribution in [0.4, 0.5) is 5.82 Å². The summed E-state index contributed by atoms with van der Waals surface area (Å²) in [5, 5.41) is 10.2. The lowest BCUT2D eigenvalue weighted by molar-refractivity contribution is 0.603. The van der Waals surface area contributed by atoms with Gasteiger partial charge < -0.3 is 4.90 Å². The van der Waals surface area contributed by atoms with Crippen LogP contribution in [-0.2, 0) is 6.67 Å². The van der Waals surface area contributed by atoms with Crippen molar-refractivity contribution in [3.05, 3.63) is 53.7 Å². The van der Waals surface area contributed by atoms with E-state index in [-0.39, 0.29) is 0 Å². The van der Waals surface area contributed by atoms with Crippen LogP contribution in [0.1, 0.15) is 0 Å². The minimum atomic E-state index is 0.685. The summed E-state index contributed by atoms with van der Waals surface area (Å²) in [7, 11) is 0. The molecule has 0 atom stereocenters. The molecule has 0 fully saturated rings. The number of anilines is 1. The van der Waals surface area contributed by atoms with E-state index >= 15 is 0 Å². The molecule has 3 heterocycles. The molecule has 2 aromatic heterocycles. The molecule has 0 aliphatic carbocycles. The van der Waals surface area contributed by atoms with Gasteiger partial charge in [-0.1, -0.05) is 29.4 Å². The van der Waals surface area contributed by atoms with Gasteiger partial charge in [0.25, 0.3) is 0 Å². The summed E-state index contributed by atoms with van der Waals surface area (Å²) in [4.78, 5) is 6.61. The van der Waals surface area contributed by atoms with Crippen molar-refractivity contribution in [2.45, 2.75) is 11.8 Å². The molecular weight excluding hydrogens is 318 g/mol. The van der Waals surface area contributed by atoms with Crippen molar-refractivity contribution in [3.63, 3.8) is 0 Å². The van der Waals surface area contributed by atoms with Crippen LogP contribution in [-0.4, -0.2) is 25.6 Å². The Balaban J connectivity index is 1.69. The number of fused-ring (bicyclic) bond motifs is 1. The van der Waals surface area contributed by atoms with Crippen LogP contribution in [0.3, 0.4) is 0 Å². The van der Waals surface area contributed by atoms with Crippen LogP contribution in [0.15, 0.2) is 53.8 Å². The Bertz CT molecular complexity index is 787. The third-order valence-electron chi connectivity index (χ3n) is 3.45. The molecule has 0 saturated carbocycles. The lowest BCUT2D eigenvalue weighted by Gasteiger charge is -2.28. The Kier molecular flexibility index (Phi) is 3.48. The predicted molar refractivity (Wildman–Crippen MR) is 87.9 cm³/mol. The first kappa shape index (κ1) is 13.6. The summed E-state index contributed by atoms with van der Waals surface area (Å²) in [5.74, 6) is 2.62. The van der Waals surface area contributed by atoms with Gasteiger partial charge in [-0.2, -0.15) is 0 Å². The standard InChI is InChI=1S/C15H12ClN5S/c16-12-6-4-11(5-7-12)14-18-19-15-21(14)9-20(10-22-15)13-3-1-2-8-17-13/h1-8H,9-10H2. The topological polar surface area (TPSA) is 46.8 Å². The molecule has 1 aromatic carbocycles. The van der Waals surface area contributed by atoms with Gasteiger partial charge in [0.05, 0.1) is 5.88 Å². The maximum Gasteiger partial charge on any atom is 0.194 e. The lowest BCUT2D eigenvalue weighted by Crippen LogP contribution is -2.31. The molecule has 1 aliphatic rings. The average molecular weight is 330 g/mol. The lowest BCUT2D eigenvalue weighted by atomic mass is 10.2. The van der Waals surface area contributed by atoms with Crippen molar-refractivity contribution < 1.29 is 0 Å². The zero-order valence-corrected chi connectivity index (χ0v) is 13.1. The number of aromatic nitrogens is 4. The van der Waals surface area contributed by atoms with E-state index in [1.165, 1.54) is 0 Å². The summed E-state index contributed by atoms with van der Waals surface area (Å²) in [6.07, 6.45) is 1.81. The van der Waals surface area contributed by atoms with Crippen molar-refractivity contribution in [1.82, 2.24) is 19.7 Å². The van der Waals surface area contributed by atoms with Gasteiger partial charge in [-0.25, -0.2) is 4.98 Å². The first-order chi connectivity index (χ1) is 10.8. The third kappa shape index (κ3) is 2.44. The SMILES string of the molecule is Clc1ccc(-c2nnc3n2CN(c2ccccn2)CS3)cc1. The summed E-state index contributed by atoms with van der Waals surface area (Å²) >= 11 is 7.62. The molecule has 4 rings (SSSR count). The summed E-state index contributed by atoms with van der Waals surface area (Å²) in [6, 6.07) is 13.6. The molecule has 0 radical (unpaired) electrons. The molecule has 0 N–H and O–H groups in total. The summed E-state index contributed by atoms with van der Waals surface area (Å²) in [5.41, 5.74) is 1.01. The molecule has 3 aromatic rings. The van der Waals surface area contributed by atoms with E-state index in [0.29, 0.717) is 11.7 Å². The number of hydrogen-bond acceptors (Lipinski definition) is 5. The number of hydrogen-bond donors (Lipinski definition) is 0. The molecule has 110 valence electrons. The maximum atomic E-state index is 5.96. The normalized spacial score (nSPS) is 14.0. The van der Waals surface area contributed by atoms with E-state index in [9.17, 15) is 0 Å². The fourth-order valence-corrected chi connectivity index (χ4v) is 3.37. The van der Waals surface area contributed by atoms with Crippen molar-refractivity contribution in [2.75, 3.05) is 10.8 Å². The highest BCUT2D eigenvalue weighted by Gasteiger charge is 2.23. The Morgan fingerprint density at radius 2 is 1.91 bits per heavy atom. The van der Waals surface area contributed by atoms with Crippen molar-refractivity contribution in [2.24, 2.45) is 0 Å². The van der Waals surface area contributed by atoms with Crippen LogP contribution >= 0.6 is 23.4 Å². The summed E-state index contributed by atoms with van der Waals surface area (Å²) in [6.45, 7) is 0.685. The van der Waals surface area contributed by atoms with E-state index in [1.807, 2.05) is 48.7 Å². The number of pyridine rings is 1. The maximum absolute atomic E-state index is 5.96. The molecule has 22 heavy (non-hydrogen) atoms. The molecule has 0 spiro atoms. The first-order valence-electron chi connectivity index (χ1n) is 6.79. The second-order valence-corrected chi connectivity index (χ2v) is 6.23. The quantitative estimate of drug-likeness (QED) is 0.720. The second-order valence-electron chi connectivity index (χ2n) is 4.88. The van der Waals surface area contributed by atoms with Gasteiger partial charge in [0, 0.05) is 16.8 Å². The highest BCUT2D eigenvalue weighted by atomic mass is 35.5. The van der Waals surface area contributed by atoms with E-state index in [2.05, 4.69) is 24.6 Å². The highest BCUT2D eigenvalue weighted by molar-refractivity contribution is 7.99. The molecule has 7 heteroatoms. The molecule has 5 nitrogen and oxygen atoms in total. The van der Waals surface area contributed by atoms with Gasteiger partial charge in [0.2, 0.25) is 0 Å². The molecule has 0 unspecified atom stereocenters. The predicted octanol–water partition coefficient (Wildman–Crippen LogP) is 3.52. The molecule has 0 bridgehead atoms. The Labute approximate surface area is 137 Å². The number of rotatable bonds is 2. The van der Waals surface area contributed by atoms with Gasteiger partial charge in [-0.05, 0) is 36.4 Å². The number of benzene rings is 1. The largest absolute Gasteiger partial charge is 0.329 e. The van der Waals surface area contributed by atoms with Crippen LogP contribution in [0, 0.1) is 0 Å². The minimum Gasteiger partial charge on any atom is -0.329 e. The van der Waals surface area contributed by atoms with Gasteiger partial charge >= 0.3 is 0 Å². The van der Waals surface area contributed by atoms with E-state index < -0.39 is 0 Å². The molecule has 0 saturated heterocycles. The Hall–Kier alpha value is -2.05. The molecule has 0 amide bonds. The zero-order chi connectivity index (χ0) is 14.9. The molecule has 1 aliphatic heterocycles. The summed E-state index contributed by atoms with van der Waals surface area (Å²) < 4.78 is 2.10. The zero-order valence-electron chi connectivity index (χ0n) is 11.6. The average Bonchev–Trinajstić information content (AvgIpc) is 2.99. The Morgan fingerprint density at radius 1 is 1.05 bits per heavy atom. The van der Waals surface area contributed by atoms with E-state index in [0.717, 1.165) is 28.2 Å². The van der Waals surface area contributed by atoms with Crippen LogP contribution in [0.5, 0.6) is 0 Å². The fourth-order valence-electron chi connectivity index (χ4n) is 2.36. The first-order valence-corrected chi connectivity index (χ1v) is 8.15. The third-order valence-corrected chi connectivity index (χ3v) is 4.71. The number of thioether (sulfide) groups is 1. The monoisotopic (exact) mass is 329 g/mol. The highest BCUT2D eigenvalue weighted by Crippen LogP contribution is 2.31. The van der Waals surface area contributed by atoms with Crippen LogP contribution < -0.4 is 4.90 Å². The van der Waals surface area contributed by atoms with Crippen molar-refractivity contribution in [3.8, 4) is 11.4 Å². The van der Waals surface area contributed by atoms with E-state index in [1.54, 1.807) is 11.8 Å². The van der Waals surface area contributed by atoms with Crippen LogP contribution in [0.25, 0.3) is 11.4 Å². The second kappa shape index (κ2) is 5.62. The minimum absolute atomic E-state index is 0.685. The van der Waals surface area contributed by atoms with Crippen molar-refractivity contribution >= 4 is 29.2 Å². The van der Waals surface area contributed by atoms with E-state index in [4.69, 9.17) is 11.6 Å². The number of halogens is 1. The molecular formula is C15H12ClN5S.